The van der Waals surface area contributed by atoms with Crippen LogP contribution in [0.25, 0.3) is 11.2 Å². The van der Waals surface area contributed by atoms with Crippen LogP contribution in [-0.2, 0) is 15.8 Å². The fourth-order valence-electron chi connectivity index (χ4n) is 1.65. The van der Waals surface area contributed by atoms with Crippen LogP contribution in [0.3, 0.4) is 0 Å². The third-order valence-corrected chi connectivity index (χ3v) is 3.96. The number of nitrogen functional groups attached to an aromatic ring is 1. The number of ether oxygens (including phenoxy) is 1. The maximum absolute atomic E-state index is 11.4. The Morgan fingerprint density at radius 2 is 2.30 bits per heavy atom. The summed E-state index contributed by atoms with van der Waals surface area (Å²) < 4.78 is 18.5. The van der Waals surface area contributed by atoms with Crippen LogP contribution < -0.4 is 10.8 Å². The van der Waals surface area contributed by atoms with E-state index in [1.807, 2.05) is 0 Å². The Kier molecular flexibility index (Phi) is 4.34. The summed E-state index contributed by atoms with van der Waals surface area (Å²) in [6, 6.07) is 0. The summed E-state index contributed by atoms with van der Waals surface area (Å²) in [5.41, 5.74) is 6.83. The van der Waals surface area contributed by atoms with Crippen molar-refractivity contribution in [1.29, 1.82) is 0 Å². The molecule has 110 valence electrons. The Bertz CT molecular complexity index is 645. The zero-order valence-electron chi connectivity index (χ0n) is 11.2. The minimum atomic E-state index is -3.42. The topological polar surface area (TPSA) is 128 Å². The zero-order chi connectivity index (χ0) is 14.8. The first kappa shape index (κ1) is 14.9. The SMILES string of the molecule is CNP(=O)(O)CO[C@@H](C)Cn1cnc2c(N)ncnc21. The monoisotopic (exact) mass is 300 g/mol. The standard InChI is InChI=1S/C10H17N6O3P/c1-7(19-6-20(17,18)12-2)3-16-5-15-8-9(11)13-4-14-10(8)16/h4-5,7H,3,6H2,1-2H3,(H2,11,13,14)(H2,12,17,18)/t7-/m0/s1. The molecular weight excluding hydrogens is 283 g/mol. The van der Waals surface area contributed by atoms with Crippen LogP contribution in [0.2, 0.25) is 0 Å². The number of anilines is 1. The number of imidazole rings is 1. The van der Waals surface area contributed by atoms with Crippen LogP contribution in [0.1, 0.15) is 6.92 Å². The molecule has 0 fully saturated rings. The molecule has 4 N–H and O–H groups in total. The average Bonchev–Trinajstić information content (AvgIpc) is 2.82. The lowest BCUT2D eigenvalue weighted by molar-refractivity contribution is 0.0818. The number of hydrogen-bond donors (Lipinski definition) is 3. The molecule has 2 heterocycles. The summed E-state index contributed by atoms with van der Waals surface area (Å²) >= 11 is 0. The van der Waals surface area contributed by atoms with E-state index in [1.54, 1.807) is 17.8 Å². The van der Waals surface area contributed by atoms with Crippen LogP contribution in [0.5, 0.6) is 0 Å². The lowest BCUT2D eigenvalue weighted by Crippen LogP contribution is -2.19. The van der Waals surface area contributed by atoms with Gasteiger partial charge in [-0.1, -0.05) is 0 Å². The number of nitrogens with two attached hydrogens (primary N) is 1. The second-order valence-corrected chi connectivity index (χ2v) is 6.47. The Hall–Kier alpha value is -1.54. The van der Waals surface area contributed by atoms with Gasteiger partial charge in [0.2, 0.25) is 0 Å². The molecule has 0 aliphatic carbocycles. The Morgan fingerprint density at radius 3 is 3.00 bits per heavy atom. The lowest BCUT2D eigenvalue weighted by Gasteiger charge is -2.16. The van der Waals surface area contributed by atoms with E-state index in [4.69, 9.17) is 10.5 Å². The zero-order valence-corrected chi connectivity index (χ0v) is 12.1. The molecule has 0 aromatic carbocycles. The van der Waals surface area contributed by atoms with Crippen molar-refractivity contribution in [3.63, 3.8) is 0 Å². The van der Waals surface area contributed by atoms with Crippen molar-refractivity contribution in [1.82, 2.24) is 24.6 Å². The van der Waals surface area contributed by atoms with Gasteiger partial charge in [-0.3, -0.25) is 4.57 Å². The Balaban J connectivity index is 2.05. The predicted molar refractivity (Wildman–Crippen MR) is 74.0 cm³/mol. The van der Waals surface area contributed by atoms with E-state index in [1.165, 1.54) is 13.4 Å². The van der Waals surface area contributed by atoms with Crippen molar-refractivity contribution in [2.75, 3.05) is 19.1 Å². The molecule has 0 saturated heterocycles. The average molecular weight is 300 g/mol. The summed E-state index contributed by atoms with van der Waals surface area (Å²) in [6.45, 7) is 2.24. The summed E-state index contributed by atoms with van der Waals surface area (Å²) in [5.74, 6) is 0.317. The van der Waals surface area contributed by atoms with Crippen LogP contribution in [0, 0.1) is 0 Å². The van der Waals surface area contributed by atoms with Gasteiger partial charge in [0.15, 0.2) is 11.5 Å². The van der Waals surface area contributed by atoms with E-state index in [2.05, 4.69) is 20.0 Å². The summed E-state index contributed by atoms with van der Waals surface area (Å²) in [5, 5.41) is 2.32. The molecule has 0 aliphatic heterocycles. The summed E-state index contributed by atoms with van der Waals surface area (Å²) in [6.07, 6.45) is 2.42. The molecule has 2 aromatic rings. The summed E-state index contributed by atoms with van der Waals surface area (Å²) in [4.78, 5) is 21.5. The van der Waals surface area contributed by atoms with Gasteiger partial charge in [0.05, 0.1) is 19.0 Å². The highest BCUT2D eigenvalue weighted by atomic mass is 31.2. The number of nitrogens with zero attached hydrogens (tertiary/aromatic N) is 4. The van der Waals surface area contributed by atoms with Gasteiger partial charge in [0, 0.05) is 0 Å². The highest BCUT2D eigenvalue weighted by molar-refractivity contribution is 7.55. The van der Waals surface area contributed by atoms with Crippen LogP contribution >= 0.6 is 7.52 Å². The van der Waals surface area contributed by atoms with Gasteiger partial charge >= 0.3 is 0 Å². The van der Waals surface area contributed by atoms with E-state index < -0.39 is 7.52 Å². The van der Waals surface area contributed by atoms with Crippen molar-refractivity contribution in [3.8, 4) is 0 Å². The molecule has 1 unspecified atom stereocenters. The van der Waals surface area contributed by atoms with E-state index in [0.717, 1.165) is 0 Å². The predicted octanol–water partition coefficient (Wildman–Crippen LogP) is 0.176. The molecule has 10 heteroatoms. The second kappa shape index (κ2) is 5.84. The van der Waals surface area contributed by atoms with Crippen LogP contribution in [0.4, 0.5) is 5.82 Å². The molecule has 0 amide bonds. The molecule has 0 radical (unpaired) electrons. The van der Waals surface area contributed by atoms with Gasteiger partial charge < -0.3 is 19.9 Å². The number of aromatic nitrogens is 4. The first-order chi connectivity index (χ1) is 9.43. The number of hydrogen-bond acceptors (Lipinski definition) is 6. The first-order valence-corrected chi connectivity index (χ1v) is 7.81. The van der Waals surface area contributed by atoms with E-state index >= 15 is 0 Å². The van der Waals surface area contributed by atoms with Crippen LogP contribution in [-0.4, -0.2) is 43.9 Å². The van der Waals surface area contributed by atoms with Gasteiger partial charge in [0.25, 0.3) is 7.52 Å². The van der Waals surface area contributed by atoms with Crippen LogP contribution in [0.15, 0.2) is 12.7 Å². The van der Waals surface area contributed by atoms with Crippen molar-refractivity contribution in [2.45, 2.75) is 19.6 Å². The van der Waals surface area contributed by atoms with Crippen molar-refractivity contribution in [2.24, 2.45) is 0 Å². The molecule has 0 spiro atoms. The fraction of sp³-hybridized carbons (Fsp3) is 0.500. The lowest BCUT2D eigenvalue weighted by atomic mass is 10.4. The van der Waals surface area contributed by atoms with Gasteiger partial charge in [-0.15, -0.1) is 0 Å². The highest BCUT2D eigenvalue weighted by Gasteiger charge is 2.18. The molecule has 2 rings (SSSR count). The second-order valence-electron chi connectivity index (χ2n) is 4.36. The molecule has 2 atom stereocenters. The Morgan fingerprint density at radius 1 is 1.55 bits per heavy atom. The van der Waals surface area contributed by atoms with Gasteiger partial charge in [-0.05, 0) is 14.0 Å². The van der Waals surface area contributed by atoms with Crippen molar-refractivity contribution >= 4 is 24.5 Å². The van der Waals surface area contributed by atoms with Crippen molar-refractivity contribution in [3.05, 3.63) is 12.7 Å². The number of rotatable bonds is 6. The normalized spacial score (nSPS) is 16.1. The van der Waals surface area contributed by atoms with Gasteiger partial charge in [-0.25, -0.2) is 20.0 Å². The van der Waals surface area contributed by atoms with Gasteiger partial charge in [0.1, 0.15) is 18.2 Å². The van der Waals surface area contributed by atoms with E-state index in [9.17, 15) is 9.46 Å². The third-order valence-electron chi connectivity index (χ3n) is 2.77. The molecule has 9 nitrogen and oxygen atoms in total. The Labute approximate surface area is 115 Å². The molecule has 2 aromatic heterocycles. The maximum atomic E-state index is 11.4. The largest absolute Gasteiger partial charge is 0.382 e. The minimum Gasteiger partial charge on any atom is -0.382 e. The fourth-order valence-corrected chi connectivity index (χ4v) is 2.24. The molecule has 0 bridgehead atoms. The van der Waals surface area contributed by atoms with Crippen molar-refractivity contribution < 1.29 is 14.2 Å². The minimum absolute atomic E-state index is 0.256. The van der Waals surface area contributed by atoms with E-state index in [-0.39, 0.29) is 12.5 Å². The number of nitrogens with one attached hydrogen (secondary N) is 1. The number of fused-ring (bicyclic) bond motifs is 1. The maximum Gasteiger partial charge on any atom is 0.292 e. The quantitative estimate of drug-likeness (QED) is 0.644. The first-order valence-electron chi connectivity index (χ1n) is 5.96. The molecule has 0 aliphatic rings. The molecule has 0 saturated carbocycles. The third kappa shape index (κ3) is 3.31. The molecule has 20 heavy (non-hydrogen) atoms. The highest BCUT2D eigenvalue weighted by Crippen LogP contribution is 2.34. The van der Waals surface area contributed by atoms with Gasteiger partial charge in [-0.2, -0.15) is 0 Å². The van der Waals surface area contributed by atoms with E-state index in [0.29, 0.717) is 23.5 Å². The smallest absolute Gasteiger partial charge is 0.292 e. The summed E-state index contributed by atoms with van der Waals surface area (Å²) in [7, 11) is -2.00. The molecular formula is C10H17N6O3P.